The van der Waals surface area contributed by atoms with Gasteiger partial charge < -0.3 is 30.1 Å². The number of ether oxygens (including phenoxy) is 1. The number of benzene rings is 3. The van der Waals surface area contributed by atoms with Gasteiger partial charge in [0, 0.05) is 74.5 Å². The van der Waals surface area contributed by atoms with Gasteiger partial charge in [0.25, 0.3) is 0 Å². The highest BCUT2D eigenvalue weighted by molar-refractivity contribution is 5.91. The van der Waals surface area contributed by atoms with Crippen molar-refractivity contribution >= 4 is 39.3 Å². The molecule has 4 heterocycles. The van der Waals surface area contributed by atoms with Gasteiger partial charge in [0.05, 0.1) is 17.6 Å². The molecular weight excluding hydrogens is 596 g/mol. The standard InChI is InChI=1S/C39H48N8O/c1-45-24-26-47(27-25-45)39-43-37-28-32(13-14-34(37)38(44-39)42-18-7-10-30-8-3-2-4-9-30)48-29-31-16-21-46(22-17-31)23-20-41-36-15-19-40-35-12-6-5-11-33(35)36/h2-6,8-9,11-15,19,28,31H,7,10,16-18,20-27,29H2,1H3,(H,40,41)(H,42,43,44). The van der Waals surface area contributed by atoms with Crippen LogP contribution < -0.4 is 20.3 Å². The van der Waals surface area contributed by atoms with E-state index in [1.807, 2.05) is 12.3 Å². The molecule has 7 rings (SSSR count). The molecule has 48 heavy (non-hydrogen) atoms. The Morgan fingerprint density at radius 3 is 2.44 bits per heavy atom. The smallest absolute Gasteiger partial charge is 0.227 e. The molecule has 2 aromatic heterocycles. The second-order valence-corrected chi connectivity index (χ2v) is 13.3. The van der Waals surface area contributed by atoms with E-state index in [0.29, 0.717) is 5.92 Å². The van der Waals surface area contributed by atoms with Crippen molar-refractivity contribution in [3.63, 3.8) is 0 Å². The molecule has 2 N–H and O–H groups in total. The van der Waals surface area contributed by atoms with Gasteiger partial charge in [0.15, 0.2) is 0 Å². The van der Waals surface area contributed by atoms with Crippen LogP contribution in [0.4, 0.5) is 17.5 Å². The number of piperidine rings is 1. The Labute approximate surface area is 284 Å². The van der Waals surface area contributed by atoms with Crippen molar-refractivity contribution in [1.82, 2.24) is 24.8 Å². The van der Waals surface area contributed by atoms with Crippen molar-refractivity contribution < 1.29 is 4.74 Å². The summed E-state index contributed by atoms with van der Waals surface area (Å²) in [6, 6.07) is 27.4. The Morgan fingerprint density at radius 2 is 1.58 bits per heavy atom. The average Bonchev–Trinajstić information content (AvgIpc) is 3.13. The van der Waals surface area contributed by atoms with Gasteiger partial charge >= 0.3 is 0 Å². The van der Waals surface area contributed by atoms with Crippen LogP contribution in [0.1, 0.15) is 24.8 Å². The summed E-state index contributed by atoms with van der Waals surface area (Å²) >= 11 is 0. The van der Waals surface area contributed by atoms with Gasteiger partial charge in [-0.15, -0.1) is 0 Å². The zero-order valence-corrected chi connectivity index (χ0v) is 28.2. The van der Waals surface area contributed by atoms with E-state index in [4.69, 9.17) is 14.7 Å². The maximum absolute atomic E-state index is 6.42. The van der Waals surface area contributed by atoms with Crippen LogP contribution in [0.5, 0.6) is 5.75 Å². The number of anilines is 3. The Hall–Kier alpha value is -4.47. The number of piperazine rings is 1. The summed E-state index contributed by atoms with van der Waals surface area (Å²) in [5.74, 6) is 3.16. The third-order valence-corrected chi connectivity index (χ3v) is 9.81. The molecule has 0 unspecified atom stereocenters. The summed E-state index contributed by atoms with van der Waals surface area (Å²) in [6.07, 6.45) is 6.27. The van der Waals surface area contributed by atoms with Crippen molar-refractivity contribution in [2.24, 2.45) is 5.92 Å². The number of rotatable bonds is 13. The third-order valence-electron chi connectivity index (χ3n) is 9.81. The van der Waals surface area contributed by atoms with E-state index in [9.17, 15) is 0 Å². The van der Waals surface area contributed by atoms with Gasteiger partial charge in [0.2, 0.25) is 5.95 Å². The number of pyridine rings is 1. The fourth-order valence-electron chi connectivity index (χ4n) is 6.80. The average molecular weight is 645 g/mol. The SMILES string of the molecule is CN1CCN(c2nc(NCCCc3ccccc3)c3ccc(OCC4CCN(CCNc5ccnc6ccccc56)CC4)cc3n2)CC1. The Balaban J connectivity index is 0.932. The van der Waals surface area contributed by atoms with Crippen LogP contribution in [0.3, 0.4) is 0 Å². The number of para-hydroxylation sites is 1. The molecule has 250 valence electrons. The van der Waals surface area contributed by atoms with E-state index in [2.05, 4.69) is 110 Å². The van der Waals surface area contributed by atoms with Crippen LogP contribution in [0, 0.1) is 5.92 Å². The van der Waals surface area contributed by atoms with Gasteiger partial charge in [-0.25, -0.2) is 4.98 Å². The molecule has 2 fully saturated rings. The topological polar surface area (TPSA) is 81.7 Å². The Morgan fingerprint density at radius 1 is 0.771 bits per heavy atom. The summed E-state index contributed by atoms with van der Waals surface area (Å²) in [4.78, 5) is 21.8. The Kier molecular flexibility index (Phi) is 10.4. The van der Waals surface area contributed by atoms with Crippen molar-refractivity contribution in [3.05, 3.63) is 90.6 Å². The maximum atomic E-state index is 6.42. The van der Waals surface area contributed by atoms with Gasteiger partial charge in [-0.05, 0) is 81.6 Å². The highest BCUT2D eigenvalue weighted by Gasteiger charge is 2.21. The number of nitrogens with zero attached hydrogens (tertiary/aromatic N) is 6. The van der Waals surface area contributed by atoms with Gasteiger partial charge in [0.1, 0.15) is 11.6 Å². The first-order valence-corrected chi connectivity index (χ1v) is 17.6. The van der Waals surface area contributed by atoms with E-state index in [1.165, 1.54) is 10.9 Å². The van der Waals surface area contributed by atoms with Gasteiger partial charge in [-0.1, -0.05) is 48.5 Å². The first-order chi connectivity index (χ1) is 23.7. The predicted molar refractivity (Wildman–Crippen MR) is 197 cm³/mol. The number of aryl methyl sites for hydroxylation is 1. The number of hydrogen-bond acceptors (Lipinski definition) is 9. The molecule has 2 aliphatic heterocycles. The highest BCUT2D eigenvalue weighted by atomic mass is 16.5. The molecule has 0 amide bonds. The molecule has 9 heteroatoms. The fourth-order valence-corrected chi connectivity index (χ4v) is 6.80. The quantitative estimate of drug-likeness (QED) is 0.146. The molecule has 0 bridgehead atoms. The fraction of sp³-hybridized carbons (Fsp3) is 0.410. The predicted octanol–water partition coefficient (Wildman–Crippen LogP) is 6.18. The molecule has 0 saturated carbocycles. The number of fused-ring (bicyclic) bond motifs is 2. The monoisotopic (exact) mass is 644 g/mol. The molecule has 0 atom stereocenters. The normalized spacial score (nSPS) is 16.4. The lowest BCUT2D eigenvalue weighted by molar-refractivity contribution is 0.145. The first kappa shape index (κ1) is 32.1. The zero-order valence-electron chi connectivity index (χ0n) is 28.2. The number of likely N-dealkylation sites (tertiary alicyclic amines) is 1. The first-order valence-electron chi connectivity index (χ1n) is 17.6. The van der Waals surface area contributed by atoms with Crippen molar-refractivity contribution in [2.45, 2.75) is 25.7 Å². The maximum Gasteiger partial charge on any atom is 0.227 e. The van der Waals surface area contributed by atoms with Crippen molar-refractivity contribution in [3.8, 4) is 5.75 Å². The van der Waals surface area contributed by atoms with E-state index < -0.39 is 0 Å². The molecule has 9 nitrogen and oxygen atoms in total. The Bertz CT molecular complexity index is 1760. The molecular formula is C39H48N8O. The summed E-state index contributed by atoms with van der Waals surface area (Å²) in [5, 5.41) is 9.50. The van der Waals surface area contributed by atoms with Gasteiger partial charge in [-0.2, -0.15) is 4.98 Å². The molecule has 0 radical (unpaired) electrons. The molecule has 5 aromatic rings. The van der Waals surface area contributed by atoms with E-state index in [1.54, 1.807) is 0 Å². The molecule has 0 spiro atoms. The van der Waals surface area contributed by atoms with E-state index >= 15 is 0 Å². The summed E-state index contributed by atoms with van der Waals surface area (Å²) in [6.45, 7) is 9.65. The molecule has 2 aliphatic rings. The number of likely N-dealkylation sites (N-methyl/N-ethyl adjacent to an activating group) is 1. The summed E-state index contributed by atoms with van der Waals surface area (Å²) < 4.78 is 6.42. The lowest BCUT2D eigenvalue weighted by Crippen LogP contribution is -2.45. The number of hydrogen-bond donors (Lipinski definition) is 2. The third kappa shape index (κ3) is 8.14. The molecule has 0 aliphatic carbocycles. The molecule has 3 aromatic carbocycles. The minimum Gasteiger partial charge on any atom is -0.493 e. The van der Waals surface area contributed by atoms with E-state index in [-0.39, 0.29) is 0 Å². The van der Waals surface area contributed by atoms with Crippen molar-refractivity contribution in [2.75, 3.05) is 88.1 Å². The van der Waals surface area contributed by atoms with E-state index in [0.717, 1.165) is 131 Å². The van der Waals surface area contributed by atoms with Gasteiger partial charge in [-0.3, -0.25) is 4.98 Å². The highest BCUT2D eigenvalue weighted by Crippen LogP contribution is 2.29. The van der Waals surface area contributed by atoms with Crippen LogP contribution >= 0.6 is 0 Å². The van der Waals surface area contributed by atoms with Crippen molar-refractivity contribution in [1.29, 1.82) is 0 Å². The largest absolute Gasteiger partial charge is 0.493 e. The minimum absolute atomic E-state index is 0.558. The van der Waals surface area contributed by atoms with Crippen LogP contribution in [-0.4, -0.2) is 97.3 Å². The minimum atomic E-state index is 0.558. The lowest BCUT2D eigenvalue weighted by Gasteiger charge is -2.32. The molecule has 2 saturated heterocycles. The van der Waals surface area contributed by atoms with Crippen LogP contribution in [-0.2, 0) is 6.42 Å². The lowest BCUT2D eigenvalue weighted by atomic mass is 9.98. The van der Waals surface area contributed by atoms with Crippen LogP contribution in [0.15, 0.2) is 85.1 Å². The summed E-state index contributed by atoms with van der Waals surface area (Å²) in [5.41, 5.74) is 4.49. The van der Waals surface area contributed by atoms with Crippen LogP contribution in [0.2, 0.25) is 0 Å². The number of aromatic nitrogens is 3. The van der Waals surface area contributed by atoms with Crippen LogP contribution in [0.25, 0.3) is 21.8 Å². The number of nitrogens with one attached hydrogen (secondary N) is 2. The second-order valence-electron chi connectivity index (χ2n) is 13.3. The summed E-state index contributed by atoms with van der Waals surface area (Å²) in [7, 11) is 2.18. The zero-order chi connectivity index (χ0) is 32.5. The second kappa shape index (κ2) is 15.6.